The highest BCUT2D eigenvalue weighted by Crippen LogP contribution is 2.43. The Labute approximate surface area is 103 Å². The largest absolute Gasteiger partial charge is 0.508 e. The number of aryl methyl sites for hydroxylation is 1. The minimum atomic E-state index is 0.425. The third-order valence-corrected chi connectivity index (χ3v) is 4.73. The normalized spacial score (nSPS) is 23.6. The number of hydrogen-bond acceptors (Lipinski definition) is 2. The van der Waals surface area contributed by atoms with E-state index in [4.69, 9.17) is 0 Å². The molecule has 1 fully saturated rings. The number of phenolic OH excluding ortho intramolecular Hbond substituents is 1. The third-order valence-electron chi connectivity index (χ3n) is 4.73. The Morgan fingerprint density at radius 1 is 1.12 bits per heavy atom. The minimum absolute atomic E-state index is 0.425. The van der Waals surface area contributed by atoms with Crippen LogP contribution in [0.25, 0.3) is 0 Å². The van der Waals surface area contributed by atoms with Gasteiger partial charge in [0.05, 0.1) is 0 Å². The summed E-state index contributed by atoms with van der Waals surface area (Å²) in [5, 5.41) is 9.61. The van der Waals surface area contributed by atoms with Crippen LogP contribution >= 0.6 is 0 Å². The van der Waals surface area contributed by atoms with Gasteiger partial charge in [0.2, 0.25) is 0 Å². The van der Waals surface area contributed by atoms with Gasteiger partial charge in [0.15, 0.2) is 0 Å². The molecule has 3 rings (SSSR count). The van der Waals surface area contributed by atoms with Gasteiger partial charge in [-0.1, -0.05) is 6.07 Å². The number of fused-ring (bicyclic) bond motifs is 1. The molecule has 1 heterocycles. The van der Waals surface area contributed by atoms with E-state index in [0.717, 1.165) is 0 Å². The van der Waals surface area contributed by atoms with E-state index >= 15 is 0 Å². The van der Waals surface area contributed by atoms with E-state index in [1.54, 1.807) is 0 Å². The average molecular weight is 231 g/mol. The number of aromatic hydroxyl groups is 1. The SMILES string of the molecule is CN1CCC2(CCc3ccc(O)cc3C2)CC1. The van der Waals surface area contributed by atoms with Crippen molar-refractivity contribution in [2.75, 3.05) is 20.1 Å². The Morgan fingerprint density at radius 3 is 2.65 bits per heavy atom. The smallest absolute Gasteiger partial charge is 0.115 e. The van der Waals surface area contributed by atoms with Gasteiger partial charge in [-0.05, 0) is 80.9 Å². The fourth-order valence-corrected chi connectivity index (χ4v) is 3.43. The van der Waals surface area contributed by atoms with Crippen LogP contribution in [0.4, 0.5) is 0 Å². The van der Waals surface area contributed by atoms with E-state index in [1.165, 1.54) is 56.3 Å². The number of hydrogen-bond donors (Lipinski definition) is 1. The van der Waals surface area contributed by atoms with Crippen molar-refractivity contribution in [1.82, 2.24) is 4.90 Å². The Bertz CT molecular complexity index is 419. The second-order valence-corrected chi connectivity index (χ2v) is 5.93. The maximum Gasteiger partial charge on any atom is 0.115 e. The van der Waals surface area contributed by atoms with Crippen molar-refractivity contribution >= 4 is 0 Å². The molecule has 2 nitrogen and oxygen atoms in total. The number of piperidine rings is 1. The highest BCUT2D eigenvalue weighted by Gasteiger charge is 2.36. The van der Waals surface area contributed by atoms with E-state index < -0.39 is 0 Å². The first-order chi connectivity index (χ1) is 8.17. The Hall–Kier alpha value is -1.02. The molecular weight excluding hydrogens is 210 g/mol. The van der Waals surface area contributed by atoms with Crippen molar-refractivity contribution < 1.29 is 5.11 Å². The molecule has 0 saturated carbocycles. The Balaban J connectivity index is 1.84. The minimum Gasteiger partial charge on any atom is -0.508 e. The fraction of sp³-hybridized carbons (Fsp3) is 0.600. The van der Waals surface area contributed by atoms with Crippen LogP contribution in [0.15, 0.2) is 18.2 Å². The van der Waals surface area contributed by atoms with Crippen LogP contribution in [0.2, 0.25) is 0 Å². The lowest BCUT2D eigenvalue weighted by molar-refractivity contribution is 0.106. The van der Waals surface area contributed by atoms with E-state index in [2.05, 4.69) is 18.0 Å². The molecule has 92 valence electrons. The summed E-state index contributed by atoms with van der Waals surface area (Å²) in [5.41, 5.74) is 3.36. The zero-order chi connectivity index (χ0) is 11.9. The summed E-state index contributed by atoms with van der Waals surface area (Å²) in [4.78, 5) is 2.43. The first-order valence-corrected chi connectivity index (χ1v) is 6.66. The highest BCUT2D eigenvalue weighted by molar-refractivity contribution is 5.37. The van der Waals surface area contributed by atoms with Gasteiger partial charge in [-0.2, -0.15) is 0 Å². The lowest BCUT2D eigenvalue weighted by Gasteiger charge is -2.44. The maximum absolute atomic E-state index is 9.61. The fourth-order valence-electron chi connectivity index (χ4n) is 3.43. The molecule has 0 atom stereocenters. The van der Waals surface area contributed by atoms with E-state index in [9.17, 15) is 5.11 Å². The Kier molecular flexibility index (Phi) is 2.62. The van der Waals surface area contributed by atoms with Crippen LogP contribution in [-0.2, 0) is 12.8 Å². The number of rotatable bonds is 0. The molecule has 2 heteroatoms. The molecule has 1 N–H and O–H groups in total. The predicted octanol–water partition coefficient (Wildman–Crippen LogP) is 2.59. The van der Waals surface area contributed by atoms with E-state index in [-0.39, 0.29) is 0 Å². The van der Waals surface area contributed by atoms with Crippen molar-refractivity contribution in [3.63, 3.8) is 0 Å². The summed E-state index contributed by atoms with van der Waals surface area (Å²) in [7, 11) is 2.22. The maximum atomic E-state index is 9.61. The number of likely N-dealkylation sites (tertiary alicyclic amines) is 1. The van der Waals surface area contributed by atoms with Crippen molar-refractivity contribution in [3.05, 3.63) is 29.3 Å². The van der Waals surface area contributed by atoms with Crippen LogP contribution < -0.4 is 0 Å². The molecule has 1 saturated heterocycles. The molecule has 0 unspecified atom stereocenters. The van der Waals surface area contributed by atoms with E-state index in [1.807, 2.05) is 12.1 Å². The molecule has 1 aliphatic carbocycles. The molecule has 1 aromatic rings. The quantitative estimate of drug-likeness (QED) is 0.742. The van der Waals surface area contributed by atoms with E-state index in [0.29, 0.717) is 11.2 Å². The summed E-state index contributed by atoms with van der Waals surface area (Å²) in [6.07, 6.45) is 6.33. The van der Waals surface area contributed by atoms with Gasteiger partial charge >= 0.3 is 0 Å². The van der Waals surface area contributed by atoms with Gasteiger partial charge in [0.25, 0.3) is 0 Å². The average Bonchev–Trinajstić information content (AvgIpc) is 2.33. The molecule has 0 bridgehead atoms. The van der Waals surface area contributed by atoms with Crippen molar-refractivity contribution in [2.45, 2.75) is 32.1 Å². The van der Waals surface area contributed by atoms with Crippen molar-refractivity contribution in [2.24, 2.45) is 5.41 Å². The first-order valence-electron chi connectivity index (χ1n) is 6.66. The summed E-state index contributed by atoms with van der Waals surface area (Å²) < 4.78 is 0. The van der Waals surface area contributed by atoms with Gasteiger partial charge in [-0.25, -0.2) is 0 Å². The molecule has 0 amide bonds. The van der Waals surface area contributed by atoms with Crippen LogP contribution in [0.5, 0.6) is 5.75 Å². The number of phenols is 1. The first kappa shape index (κ1) is 11.1. The zero-order valence-corrected chi connectivity index (χ0v) is 10.6. The third kappa shape index (κ3) is 2.06. The summed E-state index contributed by atoms with van der Waals surface area (Å²) >= 11 is 0. The lowest BCUT2D eigenvalue weighted by atomic mass is 9.66. The number of benzene rings is 1. The van der Waals surface area contributed by atoms with Gasteiger partial charge in [-0.15, -0.1) is 0 Å². The number of nitrogens with zero attached hydrogens (tertiary/aromatic N) is 1. The monoisotopic (exact) mass is 231 g/mol. The molecule has 1 aromatic carbocycles. The van der Waals surface area contributed by atoms with Crippen molar-refractivity contribution in [1.29, 1.82) is 0 Å². The van der Waals surface area contributed by atoms with Crippen LogP contribution in [-0.4, -0.2) is 30.1 Å². The molecule has 0 radical (unpaired) electrons. The summed E-state index contributed by atoms with van der Waals surface area (Å²) in [6.45, 7) is 2.46. The lowest BCUT2D eigenvalue weighted by Crippen LogP contribution is -2.41. The molecule has 1 spiro atoms. The molecule has 1 aliphatic heterocycles. The molecule has 0 aromatic heterocycles. The second kappa shape index (κ2) is 4.02. The van der Waals surface area contributed by atoms with Gasteiger partial charge in [0.1, 0.15) is 5.75 Å². The molecular formula is C15H21NO. The van der Waals surface area contributed by atoms with Gasteiger partial charge < -0.3 is 10.0 Å². The van der Waals surface area contributed by atoms with Crippen molar-refractivity contribution in [3.8, 4) is 5.75 Å². The van der Waals surface area contributed by atoms with Gasteiger partial charge in [-0.3, -0.25) is 0 Å². The van der Waals surface area contributed by atoms with Crippen LogP contribution in [0.1, 0.15) is 30.4 Å². The molecule has 17 heavy (non-hydrogen) atoms. The highest BCUT2D eigenvalue weighted by atomic mass is 16.3. The Morgan fingerprint density at radius 2 is 1.88 bits per heavy atom. The summed E-state index contributed by atoms with van der Waals surface area (Å²) in [6, 6.07) is 5.91. The summed E-state index contributed by atoms with van der Waals surface area (Å²) in [5.74, 6) is 0.425. The van der Waals surface area contributed by atoms with Crippen LogP contribution in [0, 0.1) is 5.41 Å². The van der Waals surface area contributed by atoms with Gasteiger partial charge in [0, 0.05) is 0 Å². The second-order valence-electron chi connectivity index (χ2n) is 5.93. The zero-order valence-electron chi connectivity index (χ0n) is 10.6. The standard InChI is InChI=1S/C15H21NO/c1-16-8-6-15(7-9-16)5-4-12-2-3-14(17)10-13(12)11-15/h2-3,10,17H,4-9,11H2,1H3. The topological polar surface area (TPSA) is 23.5 Å². The van der Waals surface area contributed by atoms with Crippen LogP contribution in [0.3, 0.4) is 0 Å². The predicted molar refractivity (Wildman–Crippen MR) is 69.3 cm³/mol. The molecule has 2 aliphatic rings.